The molecule has 0 unspecified atom stereocenters. The molecule has 1 aromatic heterocycles. The third-order valence-electron chi connectivity index (χ3n) is 4.53. The Kier molecular flexibility index (Phi) is 3.08. The van der Waals surface area contributed by atoms with Gasteiger partial charge in [0, 0.05) is 23.6 Å². The Bertz CT molecular complexity index is 709. The van der Waals surface area contributed by atoms with E-state index >= 15 is 0 Å². The Labute approximate surface area is 130 Å². The highest BCUT2D eigenvalue weighted by molar-refractivity contribution is 5.81. The zero-order valence-electron chi connectivity index (χ0n) is 13.5. The molecular weight excluding hydrogens is 278 g/mol. The zero-order valence-corrected chi connectivity index (χ0v) is 13.5. The fourth-order valence-electron chi connectivity index (χ4n) is 3.45. The Hall–Kier alpha value is -1.75. The summed E-state index contributed by atoms with van der Waals surface area (Å²) in [5.74, 6) is 2.80. The summed E-state index contributed by atoms with van der Waals surface area (Å²) in [5, 5.41) is 3.45. The van der Waals surface area contributed by atoms with Crippen LogP contribution in [0.25, 0.3) is 11.0 Å². The van der Waals surface area contributed by atoms with Gasteiger partial charge < -0.3 is 19.4 Å². The molecule has 0 bridgehead atoms. The molecule has 4 rings (SSSR count). The summed E-state index contributed by atoms with van der Waals surface area (Å²) < 4.78 is 13.5. The Morgan fingerprint density at radius 3 is 2.50 bits per heavy atom. The minimum absolute atomic E-state index is 0.00997. The molecule has 3 heterocycles. The second-order valence-corrected chi connectivity index (χ2v) is 7.23. The molecule has 1 N–H and O–H groups in total. The molecular formula is C17H23N3O2. The second-order valence-electron chi connectivity index (χ2n) is 7.23. The molecule has 0 amide bonds. The van der Waals surface area contributed by atoms with Crippen molar-refractivity contribution < 1.29 is 9.47 Å². The van der Waals surface area contributed by atoms with Crippen LogP contribution in [-0.4, -0.2) is 29.4 Å². The van der Waals surface area contributed by atoms with E-state index in [-0.39, 0.29) is 5.41 Å². The summed E-state index contributed by atoms with van der Waals surface area (Å²) in [6.07, 6.45) is 2.28. The van der Waals surface area contributed by atoms with Gasteiger partial charge in [-0.3, -0.25) is 0 Å². The lowest BCUT2D eigenvalue weighted by atomic mass is 9.94. The number of ether oxygens (including phenoxy) is 2. The van der Waals surface area contributed by atoms with Gasteiger partial charge in [-0.25, -0.2) is 4.98 Å². The van der Waals surface area contributed by atoms with Gasteiger partial charge in [-0.15, -0.1) is 0 Å². The topological polar surface area (TPSA) is 48.3 Å². The molecule has 1 aromatic carbocycles. The average molecular weight is 301 g/mol. The van der Waals surface area contributed by atoms with E-state index in [0.717, 1.165) is 48.8 Å². The third kappa shape index (κ3) is 2.15. The van der Waals surface area contributed by atoms with E-state index in [2.05, 4.69) is 36.7 Å². The van der Waals surface area contributed by atoms with E-state index in [1.165, 1.54) is 5.52 Å². The Balaban J connectivity index is 1.93. The molecule has 0 aliphatic carbocycles. The summed E-state index contributed by atoms with van der Waals surface area (Å²) in [7, 11) is 0. The predicted octanol–water partition coefficient (Wildman–Crippen LogP) is 2.99. The van der Waals surface area contributed by atoms with Gasteiger partial charge in [-0.1, -0.05) is 20.8 Å². The summed E-state index contributed by atoms with van der Waals surface area (Å²) >= 11 is 0. The smallest absolute Gasteiger partial charge is 0.231 e. The monoisotopic (exact) mass is 301 g/mol. The number of rotatable bonds is 1. The largest absolute Gasteiger partial charge is 0.454 e. The number of imidazole rings is 1. The molecule has 1 saturated heterocycles. The van der Waals surface area contributed by atoms with Crippen molar-refractivity contribution in [1.29, 1.82) is 0 Å². The van der Waals surface area contributed by atoms with Crippen LogP contribution in [0.2, 0.25) is 0 Å². The molecule has 2 aromatic rings. The number of aromatic nitrogens is 2. The maximum Gasteiger partial charge on any atom is 0.231 e. The molecule has 22 heavy (non-hydrogen) atoms. The molecule has 0 radical (unpaired) electrons. The second kappa shape index (κ2) is 4.88. The number of benzene rings is 1. The van der Waals surface area contributed by atoms with Gasteiger partial charge in [0.05, 0.1) is 11.0 Å². The SMILES string of the molecule is CC(C)(C)c1nc2cc3c(cc2n1C1CCNCC1)OCO3. The molecule has 2 aliphatic heterocycles. The maximum absolute atomic E-state index is 5.57. The number of hydrogen-bond acceptors (Lipinski definition) is 4. The number of hydrogen-bond donors (Lipinski definition) is 1. The summed E-state index contributed by atoms with van der Waals surface area (Å²) in [5.41, 5.74) is 2.18. The van der Waals surface area contributed by atoms with Crippen molar-refractivity contribution in [2.75, 3.05) is 19.9 Å². The van der Waals surface area contributed by atoms with Crippen LogP contribution < -0.4 is 14.8 Å². The van der Waals surface area contributed by atoms with Crippen LogP contribution in [0.4, 0.5) is 0 Å². The zero-order chi connectivity index (χ0) is 15.3. The van der Waals surface area contributed by atoms with Crippen LogP contribution in [0.3, 0.4) is 0 Å². The molecule has 1 fully saturated rings. The minimum Gasteiger partial charge on any atom is -0.454 e. The van der Waals surface area contributed by atoms with Crippen molar-refractivity contribution in [3.05, 3.63) is 18.0 Å². The highest BCUT2D eigenvalue weighted by Crippen LogP contribution is 2.39. The first-order valence-electron chi connectivity index (χ1n) is 8.07. The van der Waals surface area contributed by atoms with E-state index in [1.807, 2.05) is 6.07 Å². The predicted molar refractivity (Wildman–Crippen MR) is 85.7 cm³/mol. The average Bonchev–Trinajstić information content (AvgIpc) is 3.08. The van der Waals surface area contributed by atoms with Crippen molar-refractivity contribution in [2.45, 2.75) is 45.1 Å². The van der Waals surface area contributed by atoms with Gasteiger partial charge in [0.25, 0.3) is 0 Å². The van der Waals surface area contributed by atoms with Crippen LogP contribution >= 0.6 is 0 Å². The quantitative estimate of drug-likeness (QED) is 0.879. The van der Waals surface area contributed by atoms with Crippen LogP contribution in [0.1, 0.15) is 45.5 Å². The van der Waals surface area contributed by atoms with Gasteiger partial charge in [0.15, 0.2) is 11.5 Å². The summed E-state index contributed by atoms with van der Waals surface area (Å²) in [4.78, 5) is 4.94. The number of nitrogens with zero attached hydrogens (tertiary/aromatic N) is 2. The Morgan fingerprint density at radius 2 is 1.82 bits per heavy atom. The number of fused-ring (bicyclic) bond motifs is 2. The molecule has 0 atom stereocenters. The first-order valence-corrected chi connectivity index (χ1v) is 8.07. The number of piperidine rings is 1. The lowest BCUT2D eigenvalue weighted by Gasteiger charge is -2.29. The standard InChI is InChI=1S/C17H23N3O2/c1-17(2,3)16-19-12-8-14-15(22-10-21-14)9-13(12)20(16)11-4-6-18-7-5-11/h8-9,11,18H,4-7,10H2,1-3H3. The van der Waals surface area contributed by atoms with E-state index < -0.39 is 0 Å². The van der Waals surface area contributed by atoms with Gasteiger partial charge in [0.2, 0.25) is 6.79 Å². The van der Waals surface area contributed by atoms with E-state index in [0.29, 0.717) is 12.8 Å². The van der Waals surface area contributed by atoms with Gasteiger partial charge >= 0.3 is 0 Å². The first kappa shape index (κ1) is 13.9. The van der Waals surface area contributed by atoms with Gasteiger partial charge in [-0.05, 0) is 25.9 Å². The Morgan fingerprint density at radius 1 is 1.14 bits per heavy atom. The molecule has 118 valence electrons. The molecule has 0 spiro atoms. The van der Waals surface area contributed by atoms with Crippen molar-refractivity contribution in [2.24, 2.45) is 0 Å². The van der Waals surface area contributed by atoms with Crippen LogP contribution in [-0.2, 0) is 5.41 Å². The van der Waals surface area contributed by atoms with E-state index in [9.17, 15) is 0 Å². The highest BCUT2D eigenvalue weighted by atomic mass is 16.7. The molecule has 0 saturated carbocycles. The lowest BCUT2D eigenvalue weighted by Crippen LogP contribution is -2.31. The summed E-state index contributed by atoms with van der Waals surface area (Å²) in [6.45, 7) is 9.13. The van der Waals surface area contributed by atoms with Gasteiger partial charge in [0.1, 0.15) is 5.82 Å². The van der Waals surface area contributed by atoms with Gasteiger partial charge in [-0.2, -0.15) is 0 Å². The maximum atomic E-state index is 5.57. The van der Waals surface area contributed by atoms with Crippen LogP contribution in [0.15, 0.2) is 12.1 Å². The number of nitrogens with one attached hydrogen (secondary N) is 1. The van der Waals surface area contributed by atoms with Crippen LogP contribution in [0, 0.1) is 0 Å². The fourth-order valence-corrected chi connectivity index (χ4v) is 3.45. The molecule has 5 nitrogen and oxygen atoms in total. The van der Waals surface area contributed by atoms with Crippen molar-refractivity contribution in [3.8, 4) is 11.5 Å². The summed E-state index contributed by atoms with van der Waals surface area (Å²) in [6, 6.07) is 4.62. The van der Waals surface area contributed by atoms with Crippen LogP contribution in [0.5, 0.6) is 11.5 Å². The lowest BCUT2D eigenvalue weighted by molar-refractivity contribution is 0.174. The van der Waals surface area contributed by atoms with Crippen molar-refractivity contribution in [1.82, 2.24) is 14.9 Å². The fraction of sp³-hybridized carbons (Fsp3) is 0.588. The third-order valence-corrected chi connectivity index (χ3v) is 4.53. The molecule has 2 aliphatic rings. The van der Waals surface area contributed by atoms with Crippen molar-refractivity contribution >= 4 is 11.0 Å². The molecule has 5 heteroatoms. The minimum atomic E-state index is 0.00997. The van der Waals surface area contributed by atoms with E-state index in [4.69, 9.17) is 14.5 Å². The highest BCUT2D eigenvalue weighted by Gasteiger charge is 2.29. The van der Waals surface area contributed by atoms with Crippen molar-refractivity contribution in [3.63, 3.8) is 0 Å². The normalized spacial score (nSPS) is 19.0. The first-order chi connectivity index (χ1) is 10.5. The van der Waals surface area contributed by atoms with E-state index in [1.54, 1.807) is 0 Å².